The zero-order chi connectivity index (χ0) is 16.9. The van der Waals surface area contributed by atoms with Gasteiger partial charge in [-0.2, -0.15) is 0 Å². The van der Waals surface area contributed by atoms with Crippen molar-refractivity contribution in [1.29, 1.82) is 0 Å². The van der Waals surface area contributed by atoms with Crippen molar-refractivity contribution in [2.24, 2.45) is 0 Å². The molecule has 0 aliphatic rings. The summed E-state index contributed by atoms with van der Waals surface area (Å²) in [5, 5.41) is 2.88. The number of hydrogen-bond donors (Lipinski definition) is 1. The number of amides is 1. The molecule has 0 unspecified atom stereocenters. The maximum Gasteiger partial charge on any atom is 0.253 e. The van der Waals surface area contributed by atoms with Gasteiger partial charge in [0.2, 0.25) is 0 Å². The quantitative estimate of drug-likeness (QED) is 0.798. The normalized spacial score (nSPS) is 10.4. The van der Waals surface area contributed by atoms with E-state index < -0.39 is 0 Å². The number of nitrogens with one attached hydrogen (secondary N) is 1. The zero-order valence-electron chi connectivity index (χ0n) is 13.8. The first-order chi connectivity index (χ1) is 11.6. The van der Waals surface area contributed by atoms with E-state index in [0.29, 0.717) is 12.1 Å². The fourth-order valence-electron chi connectivity index (χ4n) is 2.55. The average Bonchev–Trinajstić information content (AvgIpc) is 2.63. The Hall–Kier alpha value is -3.01. The van der Waals surface area contributed by atoms with Crippen LogP contribution in [-0.4, -0.2) is 15.9 Å². The maximum atomic E-state index is 12.4. The Morgan fingerprint density at radius 2 is 1.96 bits per heavy atom. The van der Waals surface area contributed by atoms with Gasteiger partial charge in [-0.05, 0) is 48.7 Å². The fourth-order valence-corrected chi connectivity index (χ4v) is 2.55. The highest BCUT2D eigenvalue weighted by atomic mass is 16.1. The molecule has 0 fully saturated rings. The lowest BCUT2D eigenvalue weighted by Crippen LogP contribution is -2.23. The molecule has 1 aromatic carbocycles. The van der Waals surface area contributed by atoms with Crippen LogP contribution in [0.15, 0.2) is 61.1 Å². The number of carbonyl (C=O) groups excluding carboxylic acids is 1. The lowest BCUT2D eigenvalue weighted by molar-refractivity contribution is 0.0950. The van der Waals surface area contributed by atoms with Crippen molar-refractivity contribution in [2.45, 2.75) is 20.4 Å². The van der Waals surface area contributed by atoms with Crippen molar-refractivity contribution in [3.63, 3.8) is 0 Å². The van der Waals surface area contributed by atoms with E-state index in [1.54, 1.807) is 18.6 Å². The standard InChI is InChI=1S/C20H19N3O/c1-14-6-5-8-19(15(14)2)16-10-17(12-21-11-16)20(24)23-13-18-7-3-4-9-22-18/h3-12H,13H2,1-2H3,(H,23,24). The molecule has 0 saturated carbocycles. The predicted molar refractivity (Wildman–Crippen MR) is 94.6 cm³/mol. The van der Waals surface area contributed by atoms with Crippen LogP contribution in [0.4, 0.5) is 0 Å². The Morgan fingerprint density at radius 1 is 1.08 bits per heavy atom. The summed E-state index contributed by atoms with van der Waals surface area (Å²) in [5.74, 6) is -0.152. The number of nitrogens with zero attached hydrogens (tertiary/aromatic N) is 2. The second-order valence-corrected chi connectivity index (χ2v) is 5.71. The van der Waals surface area contributed by atoms with Crippen molar-refractivity contribution in [3.8, 4) is 11.1 Å². The van der Waals surface area contributed by atoms with Crippen LogP contribution in [0.25, 0.3) is 11.1 Å². The van der Waals surface area contributed by atoms with E-state index >= 15 is 0 Å². The van der Waals surface area contributed by atoms with Crippen LogP contribution in [0, 0.1) is 13.8 Å². The molecule has 3 rings (SSSR count). The van der Waals surface area contributed by atoms with Crippen LogP contribution in [0.3, 0.4) is 0 Å². The number of aryl methyl sites for hydroxylation is 1. The lowest BCUT2D eigenvalue weighted by Gasteiger charge is -2.10. The summed E-state index contributed by atoms with van der Waals surface area (Å²) in [6.45, 7) is 4.56. The zero-order valence-corrected chi connectivity index (χ0v) is 13.8. The average molecular weight is 317 g/mol. The van der Waals surface area contributed by atoms with Gasteiger partial charge in [-0.1, -0.05) is 24.3 Å². The highest BCUT2D eigenvalue weighted by Crippen LogP contribution is 2.25. The third-order valence-electron chi connectivity index (χ3n) is 4.07. The van der Waals surface area contributed by atoms with Crippen LogP contribution < -0.4 is 5.32 Å². The summed E-state index contributed by atoms with van der Waals surface area (Å²) in [6.07, 6.45) is 5.09. The SMILES string of the molecule is Cc1cccc(-c2cncc(C(=O)NCc3ccccn3)c2)c1C. The van der Waals surface area contributed by atoms with Crippen LogP contribution in [-0.2, 0) is 6.54 Å². The Bertz CT molecular complexity index is 860. The predicted octanol–water partition coefficient (Wildman–Crippen LogP) is 3.69. The van der Waals surface area contributed by atoms with Crippen molar-refractivity contribution >= 4 is 5.91 Å². The minimum Gasteiger partial charge on any atom is -0.346 e. The molecule has 2 heterocycles. The largest absolute Gasteiger partial charge is 0.346 e. The molecule has 1 amide bonds. The van der Waals surface area contributed by atoms with Gasteiger partial charge in [0.1, 0.15) is 0 Å². The van der Waals surface area contributed by atoms with E-state index in [-0.39, 0.29) is 5.91 Å². The first-order valence-electron chi connectivity index (χ1n) is 7.85. The van der Waals surface area contributed by atoms with Gasteiger partial charge in [0.15, 0.2) is 0 Å². The summed E-state index contributed by atoms with van der Waals surface area (Å²) in [7, 11) is 0. The van der Waals surface area contributed by atoms with Gasteiger partial charge in [0, 0.05) is 24.2 Å². The van der Waals surface area contributed by atoms with E-state index in [2.05, 4.69) is 41.3 Å². The lowest BCUT2D eigenvalue weighted by atomic mass is 9.97. The Labute approximate surface area is 141 Å². The summed E-state index contributed by atoms with van der Waals surface area (Å²) in [4.78, 5) is 20.8. The topological polar surface area (TPSA) is 54.9 Å². The molecule has 2 aromatic heterocycles. The second-order valence-electron chi connectivity index (χ2n) is 5.71. The number of carbonyl (C=O) groups is 1. The molecule has 0 aliphatic carbocycles. The minimum atomic E-state index is -0.152. The first kappa shape index (κ1) is 15.9. The molecule has 0 spiro atoms. The van der Waals surface area contributed by atoms with Crippen molar-refractivity contribution in [3.05, 3.63) is 83.4 Å². The molecule has 120 valence electrons. The summed E-state index contributed by atoms with van der Waals surface area (Å²) in [5.41, 5.74) is 5.83. The molecule has 0 aliphatic heterocycles. The number of hydrogen-bond acceptors (Lipinski definition) is 3. The smallest absolute Gasteiger partial charge is 0.253 e. The maximum absolute atomic E-state index is 12.4. The second kappa shape index (κ2) is 7.04. The van der Waals surface area contributed by atoms with Gasteiger partial charge in [-0.3, -0.25) is 14.8 Å². The van der Waals surface area contributed by atoms with Gasteiger partial charge in [-0.15, -0.1) is 0 Å². The minimum absolute atomic E-state index is 0.152. The monoisotopic (exact) mass is 317 g/mol. The highest BCUT2D eigenvalue weighted by Gasteiger charge is 2.10. The van der Waals surface area contributed by atoms with E-state index in [4.69, 9.17) is 0 Å². The highest BCUT2D eigenvalue weighted by molar-refractivity contribution is 5.95. The van der Waals surface area contributed by atoms with Gasteiger partial charge >= 0.3 is 0 Å². The van der Waals surface area contributed by atoms with Crippen LogP contribution in [0.1, 0.15) is 27.2 Å². The molecule has 4 heteroatoms. The molecule has 1 N–H and O–H groups in total. The van der Waals surface area contributed by atoms with Gasteiger partial charge in [0.05, 0.1) is 17.8 Å². The van der Waals surface area contributed by atoms with Gasteiger partial charge < -0.3 is 5.32 Å². The Kier molecular flexibility index (Phi) is 4.66. The Morgan fingerprint density at radius 3 is 2.75 bits per heavy atom. The van der Waals surface area contributed by atoms with E-state index in [0.717, 1.165) is 16.8 Å². The van der Waals surface area contributed by atoms with E-state index in [1.807, 2.05) is 30.3 Å². The molecule has 0 radical (unpaired) electrons. The summed E-state index contributed by atoms with van der Waals surface area (Å²) < 4.78 is 0. The molecule has 0 atom stereocenters. The van der Waals surface area contributed by atoms with E-state index in [1.165, 1.54) is 11.1 Å². The molecule has 4 nitrogen and oxygen atoms in total. The third kappa shape index (κ3) is 3.49. The number of pyridine rings is 2. The van der Waals surface area contributed by atoms with Crippen molar-refractivity contribution < 1.29 is 4.79 Å². The molecular formula is C20H19N3O. The summed E-state index contributed by atoms with van der Waals surface area (Å²) in [6, 6.07) is 13.7. The molecule has 0 bridgehead atoms. The third-order valence-corrected chi connectivity index (χ3v) is 4.07. The number of benzene rings is 1. The van der Waals surface area contributed by atoms with Crippen LogP contribution in [0.5, 0.6) is 0 Å². The molecule has 0 saturated heterocycles. The van der Waals surface area contributed by atoms with E-state index in [9.17, 15) is 4.79 Å². The first-order valence-corrected chi connectivity index (χ1v) is 7.85. The van der Waals surface area contributed by atoms with Crippen molar-refractivity contribution in [1.82, 2.24) is 15.3 Å². The fraction of sp³-hybridized carbons (Fsp3) is 0.150. The molecule has 3 aromatic rings. The Balaban J connectivity index is 1.80. The summed E-state index contributed by atoms with van der Waals surface area (Å²) >= 11 is 0. The van der Waals surface area contributed by atoms with Gasteiger partial charge in [-0.25, -0.2) is 0 Å². The van der Waals surface area contributed by atoms with Crippen LogP contribution in [0.2, 0.25) is 0 Å². The molecular weight excluding hydrogens is 298 g/mol. The van der Waals surface area contributed by atoms with Crippen molar-refractivity contribution in [2.75, 3.05) is 0 Å². The van der Waals surface area contributed by atoms with Gasteiger partial charge in [0.25, 0.3) is 5.91 Å². The molecule has 24 heavy (non-hydrogen) atoms. The number of aromatic nitrogens is 2. The number of rotatable bonds is 4. The van der Waals surface area contributed by atoms with Crippen LogP contribution >= 0.6 is 0 Å².